The third-order valence-corrected chi connectivity index (χ3v) is 9.01. The van der Waals surface area contributed by atoms with Crippen molar-refractivity contribution in [1.29, 1.82) is 10.5 Å². The second-order valence-electron chi connectivity index (χ2n) is 11.1. The van der Waals surface area contributed by atoms with Crippen LogP contribution in [0.2, 0.25) is 0 Å². The summed E-state index contributed by atoms with van der Waals surface area (Å²) in [5, 5.41) is 19.9. The molecule has 0 saturated carbocycles. The molecule has 1 aromatic heterocycles. The zero-order chi connectivity index (χ0) is 29.0. The van der Waals surface area contributed by atoms with Gasteiger partial charge < -0.3 is 0 Å². The zero-order valence-electron chi connectivity index (χ0n) is 23.1. The Balaban J connectivity index is 1.50. The summed E-state index contributed by atoms with van der Waals surface area (Å²) in [5.74, 6) is 1.87. The van der Waals surface area contributed by atoms with Crippen molar-refractivity contribution in [2.24, 2.45) is 0 Å². The number of benzene rings is 5. The maximum atomic E-state index is 9.95. The van der Waals surface area contributed by atoms with E-state index in [1.165, 1.54) is 0 Å². The lowest BCUT2D eigenvalue weighted by atomic mass is 9.69. The van der Waals surface area contributed by atoms with Crippen molar-refractivity contribution in [3.8, 4) is 34.9 Å². The number of hydrogen-bond donors (Lipinski definition) is 0. The van der Waals surface area contributed by atoms with E-state index in [0.29, 0.717) is 35.0 Å². The molecule has 0 spiro atoms. The second-order valence-corrected chi connectivity index (χ2v) is 11.1. The highest BCUT2D eigenvalue weighted by Gasteiger charge is 2.64. The monoisotopic (exact) mass is 549 g/mol. The smallest absolute Gasteiger partial charge is 0.163 e. The van der Waals surface area contributed by atoms with Crippen molar-refractivity contribution in [2.45, 2.75) is 17.3 Å². The van der Waals surface area contributed by atoms with Gasteiger partial charge in [-0.15, -0.1) is 0 Å². The molecule has 1 heterocycles. The third kappa shape index (κ3) is 3.46. The van der Waals surface area contributed by atoms with Gasteiger partial charge in [-0.2, -0.15) is 10.5 Å². The van der Waals surface area contributed by atoms with E-state index in [-0.39, 0.29) is 0 Å². The first-order valence-corrected chi connectivity index (χ1v) is 14.2. The van der Waals surface area contributed by atoms with Crippen LogP contribution in [-0.4, -0.2) is 15.0 Å². The Kier molecular flexibility index (Phi) is 5.38. The lowest BCUT2D eigenvalue weighted by Gasteiger charge is -2.34. The molecule has 2 bridgehead atoms. The maximum absolute atomic E-state index is 9.95. The molecule has 5 nitrogen and oxygen atoms in total. The second kappa shape index (κ2) is 9.31. The minimum Gasteiger partial charge on any atom is -0.212 e. The molecule has 5 heteroatoms. The summed E-state index contributed by atoms with van der Waals surface area (Å²) in [7, 11) is 0. The molecule has 5 aromatic carbocycles. The van der Waals surface area contributed by atoms with Gasteiger partial charge in [0.1, 0.15) is 5.82 Å². The van der Waals surface area contributed by atoms with Crippen LogP contribution in [0, 0.1) is 22.7 Å². The summed E-state index contributed by atoms with van der Waals surface area (Å²) in [4.78, 5) is 15.4. The van der Waals surface area contributed by atoms with E-state index in [1.54, 1.807) is 0 Å². The molecular formula is C38H23N5. The van der Waals surface area contributed by atoms with E-state index in [1.807, 2.05) is 103 Å². The normalized spacial score (nSPS) is 19.2. The van der Waals surface area contributed by atoms with E-state index >= 15 is 0 Å². The number of nitrogens with zero attached hydrogens (tertiary/aromatic N) is 5. The van der Waals surface area contributed by atoms with Gasteiger partial charge in [0.25, 0.3) is 0 Å². The highest BCUT2D eigenvalue weighted by Crippen LogP contribution is 2.67. The molecule has 0 radical (unpaired) electrons. The molecule has 43 heavy (non-hydrogen) atoms. The van der Waals surface area contributed by atoms with Crippen molar-refractivity contribution in [1.82, 2.24) is 15.0 Å². The van der Waals surface area contributed by atoms with Crippen LogP contribution in [0.3, 0.4) is 0 Å². The fraction of sp³-hybridized carbons (Fsp3) is 0.0789. The van der Waals surface area contributed by atoms with Crippen LogP contribution in [0.1, 0.15) is 51.2 Å². The van der Waals surface area contributed by atoms with Gasteiger partial charge in [-0.1, -0.05) is 103 Å². The van der Waals surface area contributed by atoms with Crippen LogP contribution >= 0.6 is 0 Å². The molecule has 0 atom stereocenters. The van der Waals surface area contributed by atoms with E-state index in [2.05, 4.69) is 36.4 Å². The molecule has 2 aliphatic rings. The van der Waals surface area contributed by atoms with Gasteiger partial charge in [0, 0.05) is 16.5 Å². The van der Waals surface area contributed by atoms with Gasteiger partial charge >= 0.3 is 0 Å². The standard InChI is InChI=1S/C38H23N5/c39-22-25-16-18-30-32(20-25)37(29-14-8-3-9-15-29)24-38(30,31-19-17-26(23-40)21-33(31)37)36-42-34(27-10-4-1-5-11-27)41-35(43-36)28-12-6-2-7-13-28/h1-21H,24H2. The minimum absolute atomic E-state index is 0.585. The zero-order valence-corrected chi connectivity index (χ0v) is 23.1. The summed E-state index contributed by atoms with van der Waals surface area (Å²) < 4.78 is 0. The molecule has 2 aliphatic carbocycles. The summed E-state index contributed by atoms with van der Waals surface area (Å²) in [5.41, 5.74) is 7.09. The predicted octanol–water partition coefficient (Wildman–Crippen LogP) is 7.33. The van der Waals surface area contributed by atoms with Gasteiger partial charge in [0.05, 0.1) is 28.7 Å². The van der Waals surface area contributed by atoms with E-state index < -0.39 is 10.8 Å². The van der Waals surface area contributed by atoms with Crippen molar-refractivity contribution in [3.05, 3.63) is 172 Å². The molecule has 0 amide bonds. The van der Waals surface area contributed by atoms with E-state index in [4.69, 9.17) is 15.0 Å². The van der Waals surface area contributed by atoms with Crippen LogP contribution in [0.5, 0.6) is 0 Å². The Morgan fingerprint density at radius 1 is 0.488 bits per heavy atom. The number of fused-ring (bicyclic) bond motifs is 8. The quantitative estimate of drug-likeness (QED) is 0.230. The van der Waals surface area contributed by atoms with Crippen LogP contribution in [-0.2, 0) is 10.8 Å². The lowest BCUT2D eigenvalue weighted by Crippen LogP contribution is -2.29. The Morgan fingerprint density at radius 3 is 1.42 bits per heavy atom. The Bertz CT molecular complexity index is 2000. The Hall–Kier alpha value is -5.91. The Morgan fingerprint density at radius 2 is 0.953 bits per heavy atom. The first-order chi connectivity index (χ1) is 21.2. The highest BCUT2D eigenvalue weighted by molar-refractivity contribution is 5.76. The van der Waals surface area contributed by atoms with Gasteiger partial charge in [-0.3, -0.25) is 0 Å². The van der Waals surface area contributed by atoms with Gasteiger partial charge in [-0.05, 0) is 58.5 Å². The topological polar surface area (TPSA) is 86.2 Å². The summed E-state index contributed by atoms with van der Waals surface area (Å²) >= 11 is 0. The molecule has 6 aromatic rings. The molecule has 0 unspecified atom stereocenters. The van der Waals surface area contributed by atoms with Crippen LogP contribution in [0.15, 0.2) is 127 Å². The van der Waals surface area contributed by atoms with Crippen molar-refractivity contribution in [2.75, 3.05) is 0 Å². The Labute approximate surface area is 249 Å². The molecule has 0 fully saturated rings. The number of nitriles is 2. The van der Waals surface area contributed by atoms with Crippen molar-refractivity contribution in [3.63, 3.8) is 0 Å². The summed E-state index contributed by atoms with van der Waals surface area (Å²) in [6, 6.07) is 47.1. The number of rotatable bonds is 4. The predicted molar refractivity (Wildman–Crippen MR) is 164 cm³/mol. The SMILES string of the molecule is N#Cc1ccc2c(c1)C1(c3ccccc3)CC2(c2nc(-c3ccccc3)nc(-c3ccccc3)n2)c2ccc(C#N)cc21. The minimum atomic E-state index is -0.724. The summed E-state index contributed by atoms with van der Waals surface area (Å²) in [6.45, 7) is 0. The third-order valence-electron chi connectivity index (χ3n) is 9.01. The average Bonchev–Trinajstić information content (AvgIpc) is 3.58. The molecular weight excluding hydrogens is 526 g/mol. The van der Waals surface area contributed by atoms with E-state index in [9.17, 15) is 10.5 Å². The largest absolute Gasteiger partial charge is 0.212 e. The molecule has 200 valence electrons. The molecule has 0 N–H and O–H groups in total. The first-order valence-electron chi connectivity index (χ1n) is 14.2. The number of aromatic nitrogens is 3. The van der Waals surface area contributed by atoms with Crippen molar-refractivity contribution < 1.29 is 0 Å². The average molecular weight is 550 g/mol. The highest BCUT2D eigenvalue weighted by atomic mass is 15.1. The van der Waals surface area contributed by atoms with Gasteiger partial charge in [0.15, 0.2) is 11.6 Å². The van der Waals surface area contributed by atoms with Gasteiger partial charge in [0.2, 0.25) is 0 Å². The van der Waals surface area contributed by atoms with Crippen LogP contribution in [0.4, 0.5) is 0 Å². The lowest BCUT2D eigenvalue weighted by molar-refractivity contribution is 0.537. The molecule has 0 aliphatic heterocycles. The first kappa shape index (κ1) is 24.9. The van der Waals surface area contributed by atoms with Crippen molar-refractivity contribution >= 4 is 0 Å². The molecule has 8 rings (SSSR count). The maximum Gasteiger partial charge on any atom is 0.163 e. The summed E-state index contributed by atoms with van der Waals surface area (Å²) in [6.07, 6.45) is 0.644. The van der Waals surface area contributed by atoms with Crippen LogP contribution < -0.4 is 0 Å². The fourth-order valence-electron chi connectivity index (χ4n) is 7.20. The number of hydrogen-bond acceptors (Lipinski definition) is 5. The van der Waals surface area contributed by atoms with Crippen LogP contribution in [0.25, 0.3) is 22.8 Å². The fourth-order valence-corrected chi connectivity index (χ4v) is 7.20. The van der Waals surface area contributed by atoms with Gasteiger partial charge in [-0.25, -0.2) is 15.0 Å². The molecule has 0 saturated heterocycles. The van der Waals surface area contributed by atoms with E-state index in [0.717, 1.165) is 38.9 Å².